The highest BCUT2D eigenvalue weighted by molar-refractivity contribution is 5.89. The van der Waals surface area contributed by atoms with Crippen molar-refractivity contribution in [2.24, 2.45) is 0 Å². The lowest BCUT2D eigenvalue weighted by Gasteiger charge is -2.41. The Morgan fingerprint density at radius 1 is 1.32 bits per heavy atom. The van der Waals surface area contributed by atoms with Crippen LogP contribution in [0.5, 0.6) is 5.75 Å². The summed E-state index contributed by atoms with van der Waals surface area (Å²) in [7, 11) is 0. The lowest BCUT2D eigenvalue weighted by molar-refractivity contribution is -0.145. The third-order valence-corrected chi connectivity index (χ3v) is 4.73. The molecule has 0 bridgehead atoms. The van der Waals surface area contributed by atoms with Crippen LogP contribution in [-0.4, -0.2) is 41.9 Å². The van der Waals surface area contributed by atoms with E-state index in [4.69, 9.17) is 4.74 Å². The molecule has 2 fully saturated rings. The van der Waals surface area contributed by atoms with Crippen molar-refractivity contribution in [3.05, 3.63) is 29.6 Å². The normalized spacial score (nSPS) is 21.5. The average molecular weight is 348 g/mol. The molecule has 2 heterocycles. The van der Waals surface area contributed by atoms with Crippen LogP contribution in [0.1, 0.15) is 45.6 Å². The molecular formula is C19H25FN2O3. The molecule has 0 saturated carbocycles. The van der Waals surface area contributed by atoms with E-state index in [1.807, 2.05) is 20.8 Å². The van der Waals surface area contributed by atoms with Gasteiger partial charge in [0.15, 0.2) is 0 Å². The maximum absolute atomic E-state index is 13.6. The third-order valence-electron chi connectivity index (χ3n) is 4.73. The van der Waals surface area contributed by atoms with E-state index in [1.165, 1.54) is 12.1 Å². The highest BCUT2D eigenvalue weighted by Gasteiger charge is 2.37. The van der Waals surface area contributed by atoms with Crippen molar-refractivity contribution in [1.82, 2.24) is 10.2 Å². The van der Waals surface area contributed by atoms with Crippen molar-refractivity contribution < 1.29 is 18.7 Å². The zero-order valence-electron chi connectivity index (χ0n) is 15.0. The molecule has 136 valence electrons. The molecule has 2 amide bonds. The maximum Gasteiger partial charge on any atom is 0.245 e. The molecule has 0 radical (unpaired) electrons. The predicted octanol–water partition coefficient (Wildman–Crippen LogP) is 2.38. The highest BCUT2D eigenvalue weighted by atomic mass is 19.1. The monoisotopic (exact) mass is 348 g/mol. The number of likely N-dealkylation sites (tertiary alicyclic amines) is 1. The first-order valence-electron chi connectivity index (χ1n) is 8.79. The molecule has 2 aliphatic heterocycles. The molecule has 1 aromatic rings. The van der Waals surface area contributed by atoms with Crippen molar-refractivity contribution in [1.29, 1.82) is 0 Å². The van der Waals surface area contributed by atoms with Crippen molar-refractivity contribution in [3.8, 4) is 5.75 Å². The van der Waals surface area contributed by atoms with E-state index in [-0.39, 0.29) is 29.2 Å². The summed E-state index contributed by atoms with van der Waals surface area (Å²) in [6, 6.07) is 4.15. The summed E-state index contributed by atoms with van der Waals surface area (Å²) in [5, 5.41) is 2.75. The Morgan fingerprint density at radius 2 is 2.04 bits per heavy atom. The Bertz CT molecular complexity index is 678. The van der Waals surface area contributed by atoms with Gasteiger partial charge in [0.25, 0.3) is 0 Å². The van der Waals surface area contributed by atoms with E-state index >= 15 is 0 Å². The fraction of sp³-hybridized carbons (Fsp3) is 0.579. The smallest absolute Gasteiger partial charge is 0.245 e. The second kappa shape index (κ2) is 6.65. The Labute approximate surface area is 147 Å². The van der Waals surface area contributed by atoms with E-state index in [0.717, 1.165) is 12.0 Å². The Hall–Kier alpha value is -2.11. The van der Waals surface area contributed by atoms with Crippen molar-refractivity contribution >= 4 is 11.8 Å². The van der Waals surface area contributed by atoms with Crippen LogP contribution in [0, 0.1) is 5.82 Å². The molecule has 0 spiro atoms. The first kappa shape index (κ1) is 17.7. The third kappa shape index (κ3) is 3.94. The minimum atomic E-state index is -0.404. The molecule has 0 aliphatic carbocycles. The van der Waals surface area contributed by atoms with Crippen molar-refractivity contribution in [3.63, 3.8) is 0 Å². The molecule has 25 heavy (non-hydrogen) atoms. The van der Waals surface area contributed by atoms with Gasteiger partial charge in [0.05, 0.1) is 13.1 Å². The van der Waals surface area contributed by atoms with Gasteiger partial charge in [0.1, 0.15) is 23.7 Å². The van der Waals surface area contributed by atoms with Crippen LogP contribution in [0.15, 0.2) is 18.2 Å². The second-order valence-electron chi connectivity index (χ2n) is 7.89. The SMILES string of the molecule is CC(C)(C)c1cc(F)ccc1OC1CN(C(=O)C2CCCC(=O)N2)C1. The summed E-state index contributed by atoms with van der Waals surface area (Å²) in [5.74, 6) is 0.287. The maximum atomic E-state index is 13.6. The van der Waals surface area contributed by atoms with Gasteiger partial charge in [0, 0.05) is 12.0 Å². The number of rotatable bonds is 3. The summed E-state index contributed by atoms with van der Waals surface area (Å²) in [6.07, 6.45) is 1.84. The topological polar surface area (TPSA) is 58.6 Å². The van der Waals surface area contributed by atoms with Gasteiger partial charge in [-0.1, -0.05) is 20.8 Å². The van der Waals surface area contributed by atoms with Crippen LogP contribution in [0.4, 0.5) is 4.39 Å². The number of carbonyl (C=O) groups is 2. The fourth-order valence-corrected chi connectivity index (χ4v) is 3.27. The van der Waals surface area contributed by atoms with E-state index in [2.05, 4.69) is 5.32 Å². The largest absolute Gasteiger partial charge is 0.486 e. The number of benzene rings is 1. The molecule has 1 atom stereocenters. The molecule has 3 rings (SSSR count). The molecule has 1 aromatic carbocycles. The Morgan fingerprint density at radius 3 is 2.68 bits per heavy atom. The van der Waals surface area contributed by atoms with Gasteiger partial charge >= 0.3 is 0 Å². The minimum absolute atomic E-state index is 0.0388. The van der Waals surface area contributed by atoms with Gasteiger partial charge in [-0.05, 0) is 36.5 Å². The predicted molar refractivity (Wildman–Crippen MR) is 91.9 cm³/mol. The average Bonchev–Trinajstić information content (AvgIpc) is 2.50. The summed E-state index contributed by atoms with van der Waals surface area (Å²) in [6.45, 7) is 7.02. The van der Waals surface area contributed by atoms with E-state index < -0.39 is 6.04 Å². The highest BCUT2D eigenvalue weighted by Crippen LogP contribution is 2.33. The lowest BCUT2D eigenvalue weighted by atomic mass is 9.86. The Balaban J connectivity index is 1.59. The standard InChI is InChI=1S/C19H25FN2O3/c1-19(2,3)14-9-12(20)7-8-16(14)25-13-10-22(11-13)18(24)15-5-4-6-17(23)21-15/h7-9,13,15H,4-6,10-11H2,1-3H3,(H,21,23). The fourth-order valence-electron chi connectivity index (χ4n) is 3.27. The first-order chi connectivity index (χ1) is 11.7. The zero-order valence-corrected chi connectivity index (χ0v) is 15.0. The van der Waals surface area contributed by atoms with E-state index in [0.29, 0.717) is 31.7 Å². The summed E-state index contributed by atoms with van der Waals surface area (Å²) < 4.78 is 19.6. The quantitative estimate of drug-likeness (QED) is 0.912. The molecule has 6 heteroatoms. The second-order valence-corrected chi connectivity index (χ2v) is 7.89. The van der Waals surface area contributed by atoms with Crippen LogP contribution in [-0.2, 0) is 15.0 Å². The molecule has 5 nitrogen and oxygen atoms in total. The van der Waals surface area contributed by atoms with Crippen LogP contribution in [0.2, 0.25) is 0 Å². The van der Waals surface area contributed by atoms with Gasteiger partial charge in [-0.2, -0.15) is 0 Å². The number of halogens is 1. The number of ether oxygens (including phenoxy) is 1. The summed E-state index contributed by atoms with van der Waals surface area (Å²) in [5.41, 5.74) is 0.583. The van der Waals surface area contributed by atoms with Crippen LogP contribution < -0.4 is 10.1 Å². The van der Waals surface area contributed by atoms with Gasteiger partial charge in [0.2, 0.25) is 11.8 Å². The molecule has 2 saturated heterocycles. The van der Waals surface area contributed by atoms with Gasteiger partial charge in [-0.25, -0.2) is 4.39 Å². The van der Waals surface area contributed by atoms with Crippen molar-refractivity contribution in [2.45, 2.75) is 57.6 Å². The number of carbonyl (C=O) groups excluding carboxylic acids is 2. The van der Waals surface area contributed by atoms with Gasteiger partial charge in [-0.3, -0.25) is 9.59 Å². The minimum Gasteiger partial charge on any atom is -0.486 e. The Kier molecular flexibility index (Phi) is 4.71. The van der Waals surface area contributed by atoms with Gasteiger partial charge < -0.3 is 15.0 Å². The number of hydrogen-bond acceptors (Lipinski definition) is 3. The van der Waals surface area contributed by atoms with E-state index in [9.17, 15) is 14.0 Å². The van der Waals surface area contributed by atoms with Crippen LogP contribution in [0.25, 0.3) is 0 Å². The number of nitrogens with zero attached hydrogens (tertiary/aromatic N) is 1. The number of hydrogen-bond donors (Lipinski definition) is 1. The lowest BCUT2D eigenvalue weighted by Crippen LogP contribution is -2.61. The van der Waals surface area contributed by atoms with E-state index in [1.54, 1.807) is 11.0 Å². The molecule has 1 N–H and O–H groups in total. The number of piperidine rings is 1. The molecular weight excluding hydrogens is 323 g/mol. The number of amides is 2. The van der Waals surface area contributed by atoms with Gasteiger partial charge in [-0.15, -0.1) is 0 Å². The molecule has 2 aliphatic rings. The van der Waals surface area contributed by atoms with Crippen LogP contribution in [0.3, 0.4) is 0 Å². The van der Waals surface area contributed by atoms with Crippen molar-refractivity contribution in [2.75, 3.05) is 13.1 Å². The summed E-state index contributed by atoms with van der Waals surface area (Å²) >= 11 is 0. The molecule has 1 unspecified atom stereocenters. The first-order valence-corrected chi connectivity index (χ1v) is 8.79. The van der Waals surface area contributed by atoms with Crippen LogP contribution >= 0.6 is 0 Å². The number of nitrogens with one attached hydrogen (secondary N) is 1. The summed E-state index contributed by atoms with van der Waals surface area (Å²) in [4.78, 5) is 25.5. The molecule has 0 aromatic heterocycles. The zero-order chi connectivity index (χ0) is 18.2.